The second-order valence-corrected chi connectivity index (χ2v) is 7.32. The van der Waals surface area contributed by atoms with Gasteiger partial charge in [0, 0.05) is 45.5 Å². The van der Waals surface area contributed by atoms with Crippen LogP contribution >= 0.6 is 11.3 Å². The molecule has 0 fully saturated rings. The molecule has 0 amide bonds. The van der Waals surface area contributed by atoms with Gasteiger partial charge in [-0.1, -0.05) is 12.1 Å². The molecule has 148 valence electrons. The molecule has 0 spiro atoms. The standard InChI is InChI=1S/C20H26N6OS/c1-15(27-4)19-24-17(14-28-19)13-25(3)20(21-2)22-12-16-7-5-8-18(11-16)26-10-6-9-23-26/h5-11,14-15H,12-13H2,1-4H3,(H,21,22). The highest BCUT2D eigenvalue weighted by Crippen LogP contribution is 2.21. The summed E-state index contributed by atoms with van der Waals surface area (Å²) in [6.45, 7) is 3.36. The lowest BCUT2D eigenvalue weighted by atomic mass is 10.2. The van der Waals surface area contributed by atoms with Crippen LogP contribution < -0.4 is 5.32 Å². The quantitative estimate of drug-likeness (QED) is 0.489. The van der Waals surface area contributed by atoms with Gasteiger partial charge in [-0.3, -0.25) is 4.99 Å². The molecular formula is C20H26N6OS. The SMILES string of the molecule is CN=C(NCc1cccc(-n2cccn2)c1)N(C)Cc1csc(C(C)OC)n1. The monoisotopic (exact) mass is 398 g/mol. The smallest absolute Gasteiger partial charge is 0.194 e. The van der Waals surface area contributed by atoms with Crippen LogP contribution in [-0.4, -0.2) is 46.8 Å². The zero-order chi connectivity index (χ0) is 19.9. The maximum absolute atomic E-state index is 5.34. The molecule has 0 saturated carbocycles. The van der Waals surface area contributed by atoms with E-state index in [9.17, 15) is 0 Å². The van der Waals surface area contributed by atoms with Crippen molar-refractivity contribution in [2.45, 2.75) is 26.1 Å². The number of benzene rings is 1. The van der Waals surface area contributed by atoms with Gasteiger partial charge in [0.05, 0.1) is 17.9 Å². The molecule has 7 nitrogen and oxygen atoms in total. The maximum atomic E-state index is 5.34. The molecule has 2 heterocycles. The van der Waals surface area contributed by atoms with Crippen molar-refractivity contribution < 1.29 is 4.74 Å². The van der Waals surface area contributed by atoms with Crippen LogP contribution in [0.3, 0.4) is 0 Å². The second kappa shape index (κ2) is 9.48. The third-order valence-electron chi connectivity index (χ3n) is 4.37. The molecular weight excluding hydrogens is 372 g/mol. The summed E-state index contributed by atoms with van der Waals surface area (Å²) in [7, 11) is 5.50. The summed E-state index contributed by atoms with van der Waals surface area (Å²) in [5, 5.41) is 10.8. The Kier molecular flexibility index (Phi) is 6.78. The summed E-state index contributed by atoms with van der Waals surface area (Å²) in [5.74, 6) is 0.818. The molecule has 0 aliphatic carbocycles. The van der Waals surface area contributed by atoms with Crippen molar-refractivity contribution in [3.63, 3.8) is 0 Å². The molecule has 1 aromatic carbocycles. The Morgan fingerprint density at radius 3 is 2.96 bits per heavy atom. The Hall–Kier alpha value is -2.71. The number of aliphatic imine (C=N–C) groups is 1. The van der Waals surface area contributed by atoms with Crippen LogP contribution in [0.2, 0.25) is 0 Å². The van der Waals surface area contributed by atoms with Gasteiger partial charge in [0.15, 0.2) is 5.96 Å². The van der Waals surface area contributed by atoms with Crippen LogP contribution in [0, 0.1) is 0 Å². The Balaban J connectivity index is 1.60. The number of methoxy groups -OCH3 is 1. The van der Waals surface area contributed by atoms with Gasteiger partial charge in [0.25, 0.3) is 0 Å². The Bertz CT molecular complexity index is 905. The van der Waals surface area contributed by atoms with Crippen molar-refractivity contribution in [3.8, 4) is 5.69 Å². The van der Waals surface area contributed by atoms with Gasteiger partial charge in [0.1, 0.15) is 11.1 Å². The maximum Gasteiger partial charge on any atom is 0.194 e. The van der Waals surface area contributed by atoms with Crippen LogP contribution in [0.25, 0.3) is 5.69 Å². The van der Waals surface area contributed by atoms with Crippen molar-refractivity contribution in [2.24, 2.45) is 4.99 Å². The van der Waals surface area contributed by atoms with Gasteiger partial charge < -0.3 is 15.0 Å². The van der Waals surface area contributed by atoms with E-state index in [4.69, 9.17) is 4.74 Å². The third-order valence-corrected chi connectivity index (χ3v) is 5.43. The first-order valence-electron chi connectivity index (χ1n) is 9.08. The molecule has 3 aromatic rings. The predicted octanol–water partition coefficient (Wildman–Crippen LogP) is 3.24. The summed E-state index contributed by atoms with van der Waals surface area (Å²) in [5.41, 5.74) is 3.21. The highest BCUT2D eigenvalue weighted by atomic mass is 32.1. The third kappa shape index (κ3) is 4.96. The summed E-state index contributed by atoms with van der Waals surface area (Å²) >= 11 is 1.62. The van der Waals surface area contributed by atoms with Gasteiger partial charge in [-0.05, 0) is 30.7 Å². The van der Waals surface area contributed by atoms with E-state index in [1.165, 1.54) is 0 Å². The van der Waals surface area contributed by atoms with E-state index in [0.717, 1.165) is 27.9 Å². The Morgan fingerprint density at radius 1 is 1.39 bits per heavy atom. The van der Waals surface area contributed by atoms with Gasteiger partial charge >= 0.3 is 0 Å². The number of ether oxygens (including phenoxy) is 1. The fourth-order valence-electron chi connectivity index (χ4n) is 2.80. The molecule has 1 N–H and O–H groups in total. The van der Waals surface area contributed by atoms with Crippen molar-refractivity contribution in [1.82, 2.24) is 25.0 Å². The molecule has 0 aliphatic heterocycles. The number of rotatable bonds is 7. The largest absolute Gasteiger partial charge is 0.375 e. The van der Waals surface area contributed by atoms with Crippen LogP contribution in [0.15, 0.2) is 53.1 Å². The van der Waals surface area contributed by atoms with Crippen molar-refractivity contribution >= 4 is 17.3 Å². The fraction of sp³-hybridized carbons (Fsp3) is 0.350. The molecule has 1 atom stereocenters. The number of nitrogens with zero attached hydrogens (tertiary/aromatic N) is 5. The number of guanidine groups is 1. The molecule has 1 unspecified atom stereocenters. The average molecular weight is 399 g/mol. The van der Waals surface area contributed by atoms with Crippen LogP contribution in [-0.2, 0) is 17.8 Å². The highest BCUT2D eigenvalue weighted by molar-refractivity contribution is 7.09. The first-order valence-corrected chi connectivity index (χ1v) is 9.96. The topological polar surface area (TPSA) is 67.6 Å². The normalized spacial score (nSPS) is 12.8. The minimum absolute atomic E-state index is 0.0172. The van der Waals surface area contributed by atoms with Crippen molar-refractivity contribution in [2.75, 3.05) is 21.2 Å². The molecule has 28 heavy (non-hydrogen) atoms. The van der Waals surface area contributed by atoms with E-state index in [2.05, 4.69) is 42.8 Å². The summed E-state index contributed by atoms with van der Waals surface area (Å²) in [6, 6.07) is 10.2. The van der Waals surface area contributed by atoms with E-state index in [0.29, 0.717) is 13.1 Å². The molecule has 0 aliphatic rings. The lowest BCUT2D eigenvalue weighted by Crippen LogP contribution is -2.38. The fourth-order valence-corrected chi connectivity index (χ4v) is 3.64. The van der Waals surface area contributed by atoms with Gasteiger partial charge in [-0.15, -0.1) is 11.3 Å². The number of thiazole rings is 1. The molecule has 8 heteroatoms. The van der Waals surface area contributed by atoms with Crippen LogP contribution in [0.4, 0.5) is 0 Å². The zero-order valence-corrected chi connectivity index (χ0v) is 17.5. The van der Waals surface area contributed by atoms with Crippen molar-refractivity contribution in [3.05, 3.63) is 64.4 Å². The first kappa shape index (κ1) is 20.0. The van der Waals surface area contributed by atoms with E-state index in [1.807, 2.05) is 43.0 Å². The van der Waals surface area contributed by atoms with E-state index in [1.54, 1.807) is 31.7 Å². The van der Waals surface area contributed by atoms with Gasteiger partial charge in [-0.2, -0.15) is 5.10 Å². The van der Waals surface area contributed by atoms with E-state index in [-0.39, 0.29) is 6.10 Å². The number of hydrogen-bond acceptors (Lipinski definition) is 5. The molecule has 0 saturated heterocycles. The van der Waals surface area contributed by atoms with Crippen molar-refractivity contribution in [1.29, 1.82) is 0 Å². The van der Waals surface area contributed by atoms with Crippen LogP contribution in [0.5, 0.6) is 0 Å². The van der Waals surface area contributed by atoms with E-state index >= 15 is 0 Å². The van der Waals surface area contributed by atoms with E-state index < -0.39 is 0 Å². The minimum Gasteiger partial charge on any atom is -0.375 e. The lowest BCUT2D eigenvalue weighted by Gasteiger charge is -2.21. The second-order valence-electron chi connectivity index (χ2n) is 6.43. The van der Waals surface area contributed by atoms with Gasteiger partial charge in [0.2, 0.25) is 0 Å². The minimum atomic E-state index is 0.0172. The zero-order valence-electron chi connectivity index (χ0n) is 16.7. The number of hydrogen-bond donors (Lipinski definition) is 1. The lowest BCUT2D eigenvalue weighted by molar-refractivity contribution is 0.119. The molecule has 0 bridgehead atoms. The first-order chi connectivity index (χ1) is 13.6. The molecule has 0 radical (unpaired) electrons. The Labute approximate surface area is 169 Å². The average Bonchev–Trinajstić information content (AvgIpc) is 3.40. The number of aromatic nitrogens is 3. The molecule has 3 rings (SSSR count). The summed E-state index contributed by atoms with van der Waals surface area (Å²) in [6.07, 6.45) is 3.73. The van der Waals surface area contributed by atoms with Gasteiger partial charge in [-0.25, -0.2) is 9.67 Å². The van der Waals surface area contributed by atoms with Crippen LogP contribution in [0.1, 0.15) is 29.3 Å². The number of nitrogens with one attached hydrogen (secondary N) is 1. The summed E-state index contributed by atoms with van der Waals surface area (Å²) in [4.78, 5) is 11.1. The molecule has 2 aromatic heterocycles. The predicted molar refractivity (Wildman–Crippen MR) is 113 cm³/mol. The Morgan fingerprint density at radius 2 is 2.25 bits per heavy atom. The summed E-state index contributed by atoms with van der Waals surface area (Å²) < 4.78 is 7.19. The highest BCUT2D eigenvalue weighted by Gasteiger charge is 2.12.